The quantitative estimate of drug-likeness (QED) is 0.728. The first kappa shape index (κ1) is 8.68. The highest BCUT2D eigenvalue weighted by molar-refractivity contribution is 7.10. The Morgan fingerprint density at radius 1 is 1.55 bits per heavy atom. The molecule has 0 atom stereocenters. The van der Waals surface area contributed by atoms with Gasteiger partial charge in [0.05, 0.1) is 0 Å². The lowest BCUT2D eigenvalue weighted by molar-refractivity contribution is 0.550. The summed E-state index contributed by atoms with van der Waals surface area (Å²) in [5, 5.41) is -0.137. The van der Waals surface area contributed by atoms with Gasteiger partial charge < -0.3 is 5.73 Å². The van der Waals surface area contributed by atoms with Crippen LogP contribution in [0.1, 0.15) is 18.7 Å². The van der Waals surface area contributed by atoms with Crippen molar-refractivity contribution >= 4 is 11.3 Å². The lowest BCUT2D eigenvalue weighted by Gasteiger charge is -2.19. The topological polar surface area (TPSA) is 26.0 Å². The molecule has 0 aliphatic carbocycles. The molecule has 0 aromatic carbocycles. The first-order valence-electron chi connectivity index (χ1n) is 3.52. The van der Waals surface area contributed by atoms with Gasteiger partial charge in [-0.25, -0.2) is 0 Å². The van der Waals surface area contributed by atoms with Crippen LogP contribution in [0.4, 0.5) is 4.39 Å². The molecule has 2 N–H and O–H groups in total. The average Bonchev–Trinajstić information content (AvgIpc) is 2.36. The van der Waals surface area contributed by atoms with Crippen LogP contribution in [0, 0.1) is 5.13 Å². The Kier molecular flexibility index (Phi) is 2.30. The molecule has 0 radical (unpaired) electrons. The third kappa shape index (κ3) is 1.79. The highest BCUT2D eigenvalue weighted by Gasteiger charge is 2.20. The smallest absolute Gasteiger partial charge is 0.176 e. The molecule has 0 saturated heterocycles. The summed E-state index contributed by atoms with van der Waals surface area (Å²) in [6.45, 7) is 4.57. The van der Waals surface area contributed by atoms with Crippen molar-refractivity contribution in [3.8, 4) is 0 Å². The monoisotopic (exact) mass is 173 g/mol. The molecule has 1 aromatic heterocycles. The van der Waals surface area contributed by atoms with E-state index in [1.54, 1.807) is 6.07 Å². The Hall–Kier alpha value is -0.410. The normalized spacial score (nSPS) is 12.0. The maximum absolute atomic E-state index is 12.6. The van der Waals surface area contributed by atoms with Crippen LogP contribution in [0.25, 0.3) is 0 Å². The van der Waals surface area contributed by atoms with Crippen molar-refractivity contribution in [1.29, 1.82) is 0 Å². The van der Waals surface area contributed by atoms with Gasteiger partial charge in [-0.2, -0.15) is 4.39 Å². The summed E-state index contributed by atoms with van der Waals surface area (Å²) in [4.78, 5) is 1.01. The van der Waals surface area contributed by atoms with Crippen LogP contribution in [0.3, 0.4) is 0 Å². The second-order valence-electron chi connectivity index (χ2n) is 3.19. The van der Waals surface area contributed by atoms with E-state index in [2.05, 4.69) is 0 Å². The van der Waals surface area contributed by atoms with Crippen LogP contribution in [-0.2, 0) is 5.41 Å². The second kappa shape index (κ2) is 2.91. The van der Waals surface area contributed by atoms with Gasteiger partial charge in [0.15, 0.2) is 5.13 Å². The minimum absolute atomic E-state index is 0.0883. The van der Waals surface area contributed by atoms with Crippen LogP contribution in [0.2, 0.25) is 0 Å². The van der Waals surface area contributed by atoms with Gasteiger partial charge in [0.1, 0.15) is 0 Å². The molecule has 3 heteroatoms. The maximum Gasteiger partial charge on any atom is 0.176 e. The largest absolute Gasteiger partial charge is 0.330 e. The molecular formula is C8H12FNS. The number of hydrogen-bond donors (Lipinski definition) is 1. The molecule has 0 bridgehead atoms. The van der Waals surface area contributed by atoms with Crippen molar-refractivity contribution in [2.45, 2.75) is 19.3 Å². The molecule has 0 spiro atoms. The van der Waals surface area contributed by atoms with Crippen LogP contribution >= 0.6 is 11.3 Å². The van der Waals surface area contributed by atoms with Crippen LogP contribution in [-0.4, -0.2) is 6.54 Å². The summed E-state index contributed by atoms with van der Waals surface area (Å²) in [6.07, 6.45) is 0. The molecule has 0 saturated carbocycles. The number of nitrogens with two attached hydrogens (primary N) is 1. The average molecular weight is 173 g/mol. The zero-order chi connectivity index (χ0) is 8.48. The van der Waals surface area contributed by atoms with Gasteiger partial charge in [-0.1, -0.05) is 13.8 Å². The van der Waals surface area contributed by atoms with Gasteiger partial charge in [-0.3, -0.25) is 0 Å². The van der Waals surface area contributed by atoms with Crippen molar-refractivity contribution in [1.82, 2.24) is 0 Å². The van der Waals surface area contributed by atoms with E-state index >= 15 is 0 Å². The third-order valence-corrected chi connectivity index (χ3v) is 2.99. The molecule has 0 fully saturated rings. The minimum atomic E-state index is -0.137. The van der Waals surface area contributed by atoms with Gasteiger partial charge in [0.2, 0.25) is 0 Å². The lowest BCUT2D eigenvalue weighted by atomic mass is 9.92. The van der Waals surface area contributed by atoms with Gasteiger partial charge in [0, 0.05) is 16.8 Å². The van der Waals surface area contributed by atoms with E-state index in [-0.39, 0.29) is 10.5 Å². The summed E-state index contributed by atoms with van der Waals surface area (Å²) in [5.74, 6) is 0. The summed E-state index contributed by atoms with van der Waals surface area (Å²) >= 11 is 1.17. The maximum atomic E-state index is 12.6. The predicted octanol–water partition coefficient (Wildman–Crippen LogP) is 2.12. The first-order chi connectivity index (χ1) is 5.06. The van der Waals surface area contributed by atoms with Crippen LogP contribution < -0.4 is 5.73 Å². The van der Waals surface area contributed by atoms with E-state index in [0.717, 1.165) is 4.88 Å². The van der Waals surface area contributed by atoms with Crippen molar-refractivity contribution in [3.05, 3.63) is 22.1 Å². The molecule has 0 aliphatic rings. The van der Waals surface area contributed by atoms with E-state index in [0.29, 0.717) is 6.54 Å². The van der Waals surface area contributed by atoms with Crippen molar-refractivity contribution in [2.75, 3.05) is 6.54 Å². The Morgan fingerprint density at radius 3 is 2.55 bits per heavy atom. The molecule has 0 aliphatic heterocycles. The molecule has 62 valence electrons. The highest BCUT2D eigenvalue weighted by atomic mass is 32.1. The van der Waals surface area contributed by atoms with Crippen molar-refractivity contribution < 1.29 is 4.39 Å². The Morgan fingerprint density at radius 2 is 2.18 bits per heavy atom. The zero-order valence-corrected chi connectivity index (χ0v) is 7.54. The summed E-state index contributed by atoms with van der Waals surface area (Å²) < 4.78 is 12.6. The molecular weight excluding hydrogens is 161 g/mol. The standard InChI is InChI=1S/C8H12FNS/c1-8(2,5-10)6-3-4-7(9)11-6/h3-4H,5,10H2,1-2H3. The predicted molar refractivity (Wildman–Crippen MR) is 46.4 cm³/mol. The summed E-state index contributed by atoms with van der Waals surface area (Å²) in [6, 6.07) is 3.28. The zero-order valence-electron chi connectivity index (χ0n) is 6.73. The third-order valence-electron chi connectivity index (χ3n) is 1.75. The fourth-order valence-corrected chi connectivity index (χ4v) is 1.62. The van der Waals surface area contributed by atoms with Gasteiger partial charge >= 0.3 is 0 Å². The van der Waals surface area contributed by atoms with Crippen molar-refractivity contribution in [3.63, 3.8) is 0 Å². The molecule has 1 aromatic rings. The van der Waals surface area contributed by atoms with Crippen LogP contribution in [0.5, 0.6) is 0 Å². The Bertz CT molecular complexity index is 242. The van der Waals surface area contributed by atoms with E-state index < -0.39 is 0 Å². The molecule has 1 heterocycles. The highest BCUT2D eigenvalue weighted by Crippen LogP contribution is 2.27. The minimum Gasteiger partial charge on any atom is -0.330 e. The molecule has 1 rings (SSSR count). The number of halogens is 1. The lowest BCUT2D eigenvalue weighted by Crippen LogP contribution is -2.26. The van der Waals surface area contributed by atoms with E-state index in [1.165, 1.54) is 17.4 Å². The van der Waals surface area contributed by atoms with E-state index in [1.807, 2.05) is 13.8 Å². The van der Waals surface area contributed by atoms with Gasteiger partial charge in [0.25, 0.3) is 0 Å². The second-order valence-corrected chi connectivity index (χ2v) is 4.23. The fraction of sp³-hybridized carbons (Fsp3) is 0.500. The van der Waals surface area contributed by atoms with Gasteiger partial charge in [-0.05, 0) is 12.1 Å². The molecule has 1 nitrogen and oxygen atoms in total. The van der Waals surface area contributed by atoms with Crippen molar-refractivity contribution in [2.24, 2.45) is 5.73 Å². The number of rotatable bonds is 2. The first-order valence-corrected chi connectivity index (χ1v) is 4.34. The molecule has 0 unspecified atom stereocenters. The van der Waals surface area contributed by atoms with E-state index in [4.69, 9.17) is 5.73 Å². The van der Waals surface area contributed by atoms with Crippen LogP contribution in [0.15, 0.2) is 12.1 Å². The number of thiophene rings is 1. The molecule has 0 amide bonds. The Labute approximate surface area is 70.0 Å². The summed E-state index contributed by atoms with van der Waals surface area (Å²) in [7, 11) is 0. The molecule has 11 heavy (non-hydrogen) atoms. The van der Waals surface area contributed by atoms with E-state index in [9.17, 15) is 4.39 Å². The Balaban J connectivity index is 2.92. The number of hydrogen-bond acceptors (Lipinski definition) is 2. The fourth-order valence-electron chi connectivity index (χ4n) is 0.779. The van der Waals surface area contributed by atoms with Gasteiger partial charge in [-0.15, -0.1) is 11.3 Å². The summed E-state index contributed by atoms with van der Waals surface area (Å²) in [5.41, 5.74) is 5.44. The SMILES string of the molecule is CC(C)(CN)c1ccc(F)s1.